The number of oxazole rings is 1. The van der Waals surface area contributed by atoms with Gasteiger partial charge >= 0.3 is 0 Å². The van der Waals surface area contributed by atoms with Gasteiger partial charge in [0.25, 0.3) is 6.01 Å². The summed E-state index contributed by atoms with van der Waals surface area (Å²) in [5.74, 6) is -0.190. The van der Waals surface area contributed by atoms with Crippen LogP contribution in [0.5, 0.6) is 0 Å². The van der Waals surface area contributed by atoms with E-state index in [1.54, 1.807) is 12.1 Å². The van der Waals surface area contributed by atoms with Crippen molar-refractivity contribution < 1.29 is 13.5 Å². The van der Waals surface area contributed by atoms with Gasteiger partial charge in [0.2, 0.25) is 0 Å². The molecule has 0 bridgehead atoms. The van der Waals surface area contributed by atoms with Gasteiger partial charge in [0, 0.05) is 62.0 Å². The van der Waals surface area contributed by atoms with E-state index in [0.717, 1.165) is 60.3 Å². The number of hydrogen-bond acceptors (Lipinski definition) is 5. The van der Waals surface area contributed by atoms with E-state index in [1.165, 1.54) is 11.3 Å². The third-order valence-electron chi connectivity index (χ3n) is 6.37. The molecule has 2 aromatic heterocycles. The van der Waals surface area contributed by atoms with Gasteiger partial charge in [0.15, 0.2) is 5.58 Å². The van der Waals surface area contributed by atoms with E-state index in [0.29, 0.717) is 19.2 Å². The molecular formula is C23H23FN4O2. The maximum atomic E-state index is 13.8. The number of anilines is 2. The average molecular weight is 406 g/mol. The predicted molar refractivity (Wildman–Crippen MR) is 115 cm³/mol. The number of rotatable bonds is 2. The lowest BCUT2D eigenvalue weighted by molar-refractivity contribution is 0.120. The first-order valence-electron chi connectivity index (χ1n) is 10.4. The van der Waals surface area contributed by atoms with E-state index in [9.17, 15) is 4.39 Å². The van der Waals surface area contributed by atoms with Crippen molar-refractivity contribution in [2.24, 2.45) is 7.05 Å². The van der Waals surface area contributed by atoms with Gasteiger partial charge < -0.3 is 23.5 Å². The zero-order valence-electron chi connectivity index (χ0n) is 16.9. The lowest BCUT2D eigenvalue weighted by atomic mass is 10.0. The number of aromatic nitrogens is 2. The van der Waals surface area contributed by atoms with Crippen molar-refractivity contribution >= 4 is 33.7 Å². The second kappa shape index (κ2) is 6.74. The number of morpholine rings is 1. The molecule has 0 atom stereocenters. The van der Waals surface area contributed by atoms with Crippen molar-refractivity contribution in [3.63, 3.8) is 0 Å². The van der Waals surface area contributed by atoms with Crippen molar-refractivity contribution in [2.45, 2.75) is 13.0 Å². The largest absolute Gasteiger partial charge is 0.423 e. The van der Waals surface area contributed by atoms with E-state index in [4.69, 9.17) is 14.1 Å². The summed E-state index contributed by atoms with van der Waals surface area (Å²) in [5.41, 5.74) is 6.35. The highest BCUT2D eigenvalue weighted by molar-refractivity contribution is 5.87. The highest BCUT2D eigenvalue weighted by Crippen LogP contribution is 2.34. The molecule has 0 radical (unpaired) electrons. The van der Waals surface area contributed by atoms with Crippen LogP contribution in [0.2, 0.25) is 0 Å². The Morgan fingerprint density at radius 2 is 1.87 bits per heavy atom. The van der Waals surface area contributed by atoms with Gasteiger partial charge in [-0.25, -0.2) is 4.39 Å². The van der Waals surface area contributed by atoms with Crippen LogP contribution in [0.1, 0.15) is 11.3 Å². The first-order valence-corrected chi connectivity index (χ1v) is 10.4. The van der Waals surface area contributed by atoms with Gasteiger partial charge in [-0.05, 0) is 36.4 Å². The Kier molecular flexibility index (Phi) is 3.99. The molecule has 0 N–H and O–H groups in total. The highest BCUT2D eigenvalue weighted by atomic mass is 19.1. The molecule has 0 saturated carbocycles. The van der Waals surface area contributed by atoms with Gasteiger partial charge in [-0.3, -0.25) is 0 Å². The topological polar surface area (TPSA) is 46.7 Å². The summed E-state index contributed by atoms with van der Waals surface area (Å²) < 4.78 is 27.3. The normalized spacial score (nSPS) is 17.1. The van der Waals surface area contributed by atoms with Gasteiger partial charge in [-0.15, -0.1) is 0 Å². The molecule has 0 spiro atoms. The molecular weight excluding hydrogens is 383 g/mol. The monoisotopic (exact) mass is 406 g/mol. The molecule has 0 aliphatic carbocycles. The zero-order chi connectivity index (χ0) is 20.2. The minimum Gasteiger partial charge on any atom is -0.423 e. The SMILES string of the molecule is Cn1c2c(c3ccc(F)cc31)CN(c1ccc3oc(N4CCOCC4)nc3c1)CC2. The van der Waals surface area contributed by atoms with Crippen LogP contribution in [0.25, 0.3) is 22.0 Å². The Balaban J connectivity index is 1.33. The van der Waals surface area contributed by atoms with Gasteiger partial charge in [-0.2, -0.15) is 4.98 Å². The quantitative estimate of drug-likeness (QED) is 0.506. The van der Waals surface area contributed by atoms with Crippen LogP contribution < -0.4 is 9.80 Å². The van der Waals surface area contributed by atoms with Crippen LogP contribution >= 0.6 is 0 Å². The minimum atomic E-state index is -0.190. The second-order valence-corrected chi connectivity index (χ2v) is 8.07. The van der Waals surface area contributed by atoms with Crippen molar-refractivity contribution in [3.8, 4) is 0 Å². The predicted octanol–water partition coefficient (Wildman–Crippen LogP) is 3.86. The van der Waals surface area contributed by atoms with Crippen molar-refractivity contribution in [1.82, 2.24) is 9.55 Å². The lowest BCUT2D eigenvalue weighted by Crippen LogP contribution is -2.36. The summed E-state index contributed by atoms with van der Waals surface area (Å²) in [6.07, 6.45) is 0.929. The maximum absolute atomic E-state index is 13.8. The fraction of sp³-hybridized carbons (Fsp3) is 0.348. The van der Waals surface area contributed by atoms with Crippen LogP contribution in [0.15, 0.2) is 40.8 Å². The molecule has 1 fully saturated rings. The Bertz CT molecular complexity index is 1260. The van der Waals surface area contributed by atoms with Crippen LogP contribution in [0.4, 0.5) is 16.1 Å². The first-order chi connectivity index (χ1) is 14.7. The third kappa shape index (κ3) is 2.76. The van der Waals surface area contributed by atoms with Gasteiger partial charge in [-0.1, -0.05) is 0 Å². The van der Waals surface area contributed by atoms with E-state index in [2.05, 4.69) is 26.5 Å². The number of benzene rings is 2. The van der Waals surface area contributed by atoms with Crippen molar-refractivity contribution in [2.75, 3.05) is 42.6 Å². The highest BCUT2D eigenvalue weighted by Gasteiger charge is 2.24. The molecule has 4 heterocycles. The summed E-state index contributed by atoms with van der Waals surface area (Å²) in [6.45, 7) is 4.73. The summed E-state index contributed by atoms with van der Waals surface area (Å²) in [6, 6.07) is 12.0. The molecule has 30 heavy (non-hydrogen) atoms. The molecule has 2 aliphatic rings. The molecule has 2 aliphatic heterocycles. The van der Waals surface area contributed by atoms with Crippen LogP contribution in [0, 0.1) is 5.82 Å². The molecule has 1 saturated heterocycles. The Hall–Kier alpha value is -3.06. The van der Waals surface area contributed by atoms with E-state index in [-0.39, 0.29) is 5.82 Å². The number of nitrogens with zero attached hydrogens (tertiary/aromatic N) is 4. The number of halogens is 1. The van der Waals surface area contributed by atoms with Crippen LogP contribution in [-0.4, -0.2) is 42.4 Å². The Morgan fingerprint density at radius 3 is 2.73 bits per heavy atom. The van der Waals surface area contributed by atoms with Crippen molar-refractivity contribution in [3.05, 3.63) is 53.5 Å². The molecule has 6 rings (SSSR count). The number of aryl methyl sites for hydroxylation is 1. The smallest absolute Gasteiger partial charge is 0.298 e. The summed E-state index contributed by atoms with van der Waals surface area (Å²) in [7, 11) is 2.03. The third-order valence-corrected chi connectivity index (χ3v) is 6.37. The fourth-order valence-electron chi connectivity index (χ4n) is 4.76. The van der Waals surface area contributed by atoms with Crippen LogP contribution in [0.3, 0.4) is 0 Å². The molecule has 0 amide bonds. The van der Waals surface area contributed by atoms with E-state index >= 15 is 0 Å². The van der Waals surface area contributed by atoms with Gasteiger partial charge in [0.05, 0.1) is 18.7 Å². The lowest BCUT2D eigenvalue weighted by Gasteiger charge is -2.29. The molecule has 6 nitrogen and oxygen atoms in total. The maximum Gasteiger partial charge on any atom is 0.298 e. The van der Waals surface area contributed by atoms with Crippen molar-refractivity contribution in [1.29, 1.82) is 0 Å². The Morgan fingerprint density at radius 1 is 1.00 bits per heavy atom. The molecule has 0 unspecified atom stereocenters. The fourth-order valence-corrected chi connectivity index (χ4v) is 4.76. The summed E-state index contributed by atoms with van der Waals surface area (Å²) in [5, 5.41) is 1.13. The first kappa shape index (κ1) is 17.8. The average Bonchev–Trinajstić information content (AvgIpc) is 3.33. The molecule has 154 valence electrons. The summed E-state index contributed by atoms with van der Waals surface area (Å²) in [4.78, 5) is 9.23. The standard InChI is InChI=1S/C23H23FN4O2/c1-26-20-6-7-28(14-18(20)17-4-2-15(24)12-21(17)26)16-3-5-22-19(13-16)25-23(30-22)27-8-10-29-11-9-27/h2-5,12-13H,6-11,14H2,1H3. The van der Waals surface area contributed by atoms with Gasteiger partial charge in [0.1, 0.15) is 11.3 Å². The number of ether oxygens (including phenoxy) is 1. The number of fused-ring (bicyclic) bond motifs is 4. The zero-order valence-corrected chi connectivity index (χ0v) is 16.9. The van der Waals surface area contributed by atoms with E-state index < -0.39 is 0 Å². The second-order valence-electron chi connectivity index (χ2n) is 8.07. The van der Waals surface area contributed by atoms with E-state index in [1.807, 2.05) is 19.2 Å². The molecule has 2 aromatic carbocycles. The Labute approximate surface area is 173 Å². The minimum absolute atomic E-state index is 0.190. The summed E-state index contributed by atoms with van der Waals surface area (Å²) >= 11 is 0. The number of hydrogen-bond donors (Lipinski definition) is 0. The molecule has 4 aromatic rings. The molecule has 7 heteroatoms. The van der Waals surface area contributed by atoms with Crippen LogP contribution in [-0.2, 0) is 24.8 Å².